The van der Waals surface area contributed by atoms with E-state index in [4.69, 9.17) is 37.9 Å². The fourth-order valence-electron chi connectivity index (χ4n) is 16.3. The van der Waals surface area contributed by atoms with Crippen molar-refractivity contribution in [2.24, 2.45) is 50.2 Å². The zero-order valence-corrected chi connectivity index (χ0v) is 48.2. The van der Waals surface area contributed by atoms with Crippen LogP contribution in [-0.4, -0.2) is 204 Å². The maximum Gasteiger partial charge on any atom is 0.335 e. The van der Waals surface area contributed by atoms with Crippen molar-refractivity contribution < 1.29 is 108 Å². The first-order chi connectivity index (χ1) is 37.3. The van der Waals surface area contributed by atoms with Gasteiger partial charge in [-0.1, -0.05) is 72.3 Å². The van der Waals surface area contributed by atoms with Crippen molar-refractivity contribution in [1.82, 2.24) is 0 Å². The minimum atomic E-state index is -2.05. The standard InChI is InChI=1S/C58H90O22/c1-13-25(3)48(71)79-45-46(80-49(72)26(4)14-2)58(24-60)29(21-53(45,6)7)28-15-16-32-55(10)19-18-34(54(8,9)31(55)17-20-56(32,11)57(28,12)22-33(58)61)75-52-41(68)43(39(66)44(78-52)47(69)70)77-51-40(67)42(35(62)27(5)73-51)76-50-38(65)37(64)36(63)30(23-59)74-50/h13-15,27,29-46,50-52,59-68H,16-24H2,1-12H3,(H,69,70)/b25-13+,26-14+/t27?,29-,30?,31?,32?,33+,34-,35?,36?,37-,38?,39?,40?,41?,42?,43?,44?,45-,46-,50?,51?,52+,55-,56+,57+,58-/m0/s1. The largest absolute Gasteiger partial charge is 0.479 e. The van der Waals surface area contributed by atoms with Crippen LogP contribution in [0.5, 0.6) is 0 Å². The highest BCUT2D eigenvalue weighted by molar-refractivity contribution is 5.89. The molecule has 4 saturated carbocycles. The summed E-state index contributed by atoms with van der Waals surface area (Å²) in [6.07, 6.45) is -21.1. The van der Waals surface area contributed by atoms with Crippen LogP contribution in [0, 0.1) is 50.2 Å². The van der Waals surface area contributed by atoms with Crippen LogP contribution in [0.2, 0.25) is 0 Å². The summed E-state index contributed by atoms with van der Waals surface area (Å²) in [5.74, 6) is -3.23. The number of carboxylic acids is 1. The lowest BCUT2D eigenvalue weighted by molar-refractivity contribution is -0.380. The van der Waals surface area contributed by atoms with Crippen molar-refractivity contribution in [3.8, 4) is 0 Å². The van der Waals surface area contributed by atoms with Gasteiger partial charge in [0, 0.05) is 16.6 Å². The van der Waals surface area contributed by atoms with Crippen molar-refractivity contribution in [2.45, 2.75) is 245 Å². The third-order valence-corrected chi connectivity index (χ3v) is 21.6. The van der Waals surface area contributed by atoms with Gasteiger partial charge in [-0.05, 0) is 119 Å². The highest BCUT2D eigenvalue weighted by Gasteiger charge is 2.74. The molecule has 0 spiro atoms. The van der Waals surface area contributed by atoms with Crippen molar-refractivity contribution in [3.05, 3.63) is 34.9 Å². The average molecular weight is 1140 g/mol. The number of allylic oxidation sites excluding steroid dienone is 4. The number of hydrogen-bond donors (Lipinski definition) is 11. The first-order valence-corrected chi connectivity index (χ1v) is 28.5. The summed E-state index contributed by atoms with van der Waals surface area (Å²) in [5.41, 5.74) is -2.44. The molecule has 0 aromatic carbocycles. The highest BCUT2D eigenvalue weighted by atomic mass is 16.8. The van der Waals surface area contributed by atoms with E-state index in [1.807, 2.05) is 13.8 Å². The number of hydrogen-bond acceptors (Lipinski definition) is 21. The summed E-state index contributed by atoms with van der Waals surface area (Å²) in [7, 11) is 0. The van der Waals surface area contributed by atoms with E-state index in [1.165, 1.54) is 6.92 Å². The number of aliphatic hydroxyl groups excluding tert-OH is 10. The van der Waals surface area contributed by atoms with E-state index in [0.717, 1.165) is 12.0 Å². The zero-order chi connectivity index (χ0) is 59.3. The summed E-state index contributed by atoms with van der Waals surface area (Å²) in [5, 5.41) is 122. The highest BCUT2D eigenvalue weighted by Crippen LogP contribution is 2.76. The lowest BCUT2D eigenvalue weighted by Gasteiger charge is -2.72. The normalized spacial score (nSPS) is 49.2. The lowest BCUT2D eigenvalue weighted by atomic mass is 9.33. The van der Waals surface area contributed by atoms with Crippen molar-refractivity contribution in [2.75, 3.05) is 13.2 Å². The van der Waals surface area contributed by atoms with Gasteiger partial charge in [0.1, 0.15) is 67.1 Å². The predicted octanol–water partition coefficient (Wildman–Crippen LogP) is 1.68. The van der Waals surface area contributed by atoms with Crippen LogP contribution in [-0.2, 0) is 52.3 Å². The number of carbonyl (C=O) groups excluding carboxylic acids is 2. The number of rotatable bonds is 13. The van der Waals surface area contributed by atoms with Crippen LogP contribution in [0.4, 0.5) is 0 Å². The number of carboxylic acid groups (broad SMARTS) is 1. The van der Waals surface area contributed by atoms with E-state index in [2.05, 4.69) is 40.7 Å². The van der Waals surface area contributed by atoms with Crippen LogP contribution in [0.1, 0.15) is 128 Å². The summed E-state index contributed by atoms with van der Waals surface area (Å²) in [6.45, 7) is 21.7. The van der Waals surface area contributed by atoms with Crippen molar-refractivity contribution in [3.63, 3.8) is 0 Å². The summed E-state index contributed by atoms with van der Waals surface area (Å²) in [6, 6.07) is 0. The molecule has 80 heavy (non-hydrogen) atoms. The molecule has 0 radical (unpaired) electrons. The monoisotopic (exact) mass is 1140 g/mol. The molecule has 3 saturated heterocycles. The smallest absolute Gasteiger partial charge is 0.335 e. The summed E-state index contributed by atoms with van der Waals surface area (Å²) in [4.78, 5) is 40.1. The Kier molecular flexibility index (Phi) is 17.9. The maximum atomic E-state index is 13.8. The second-order valence-electron chi connectivity index (χ2n) is 26.4. The first kappa shape index (κ1) is 63.0. The fourth-order valence-corrected chi connectivity index (χ4v) is 16.3. The van der Waals surface area contributed by atoms with Crippen molar-refractivity contribution in [1.29, 1.82) is 0 Å². The Bertz CT molecular complexity index is 2390. The molecule has 15 unspecified atom stereocenters. The molecular weight excluding hydrogens is 1050 g/mol. The van der Waals surface area contributed by atoms with Crippen LogP contribution < -0.4 is 0 Å². The second kappa shape index (κ2) is 22.8. The topological polar surface area (TPSA) is 348 Å². The number of aliphatic hydroxyl groups is 10. The number of ether oxygens (including phenoxy) is 8. The van der Waals surface area contributed by atoms with E-state index < -0.39 is 181 Å². The van der Waals surface area contributed by atoms with Gasteiger partial charge in [0.25, 0.3) is 0 Å². The van der Waals surface area contributed by atoms with Gasteiger partial charge >= 0.3 is 17.9 Å². The molecule has 0 amide bonds. The Morgan fingerprint density at radius 1 is 0.662 bits per heavy atom. The Labute approximate surface area is 468 Å². The Hall–Kier alpha value is -3.01. The molecule has 22 nitrogen and oxygen atoms in total. The number of aliphatic carboxylic acids is 1. The predicted molar refractivity (Wildman–Crippen MR) is 280 cm³/mol. The molecule has 3 heterocycles. The average Bonchev–Trinajstić information content (AvgIpc) is 3.56. The lowest BCUT2D eigenvalue weighted by Crippen LogP contribution is -2.72. The van der Waals surface area contributed by atoms with Gasteiger partial charge in [-0.15, -0.1) is 0 Å². The summed E-state index contributed by atoms with van der Waals surface area (Å²) >= 11 is 0. The van der Waals surface area contributed by atoms with Gasteiger partial charge in [0.05, 0.1) is 36.9 Å². The van der Waals surface area contributed by atoms with Gasteiger partial charge < -0.3 is 94.1 Å². The second-order valence-corrected chi connectivity index (χ2v) is 26.4. The van der Waals surface area contributed by atoms with E-state index in [0.29, 0.717) is 43.3 Å². The third kappa shape index (κ3) is 10.1. The molecule has 8 rings (SSSR count). The van der Waals surface area contributed by atoms with Gasteiger partial charge in [0.15, 0.2) is 31.1 Å². The van der Waals surface area contributed by atoms with Gasteiger partial charge in [-0.2, -0.15) is 0 Å². The fraction of sp³-hybridized carbons (Fsp3) is 0.845. The zero-order valence-electron chi connectivity index (χ0n) is 48.2. The van der Waals surface area contributed by atoms with E-state index in [1.54, 1.807) is 39.8 Å². The molecule has 11 N–H and O–H groups in total. The molecule has 22 heteroatoms. The van der Waals surface area contributed by atoms with Crippen LogP contribution in [0.15, 0.2) is 34.9 Å². The molecular formula is C58H90O22. The molecule has 0 bridgehead atoms. The van der Waals surface area contributed by atoms with Crippen LogP contribution in [0.3, 0.4) is 0 Å². The minimum Gasteiger partial charge on any atom is -0.479 e. The SMILES string of the molecule is C/C=C(\C)C(=O)O[C@H]1[C@H](OC(=O)/C(C)=C/C)[C@]2(CO)[C@H](O)C[C@]3(C)C(=CCC4[C@@]5(C)CC[C@H](O[C@@H]6OC(C(=O)O)C(O)C(OC7OC(C)C(O)C(OC8OC(CO)C(O)[C@H](O)C8O)C7O)C6O)C(C)(C)C5CC[C@]43C)[C@@H]2CC1(C)C. The van der Waals surface area contributed by atoms with Gasteiger partial charge in [-0.25, -0.2) is 14.4 Å². The molecule has 26 atom stereocenters. The molecule has 3 aliphatic heterocycles. The van der Waals surface area contributed by atoms with E-state index >= 15 is 0 Å². The summed E-state index contributed by atoms with van der Waals surface area (Å²) < 4.78 is 48.2. The Balaban J connectivity index is 1.04. The van der Waals surface area contributed by atoms with Crippen LogP contribution >= 0.6 is 0 Å². The Morgan fingerprint density at radius 2 is 1.23 bits per heavy atom. The first-order valence-electron chi connectivity index (χ1n) is 28.5. The maximum absolute atomic E-state index is 13.8. The van der Waals surface area contributed by atoms with Gasteiger partial charge in [-0.3, -0.25) is 0 Å². The quantitative estimate of drug-likeness (QED) is 0.0541. The molecule has 454 valence electrons. The molecule has 0 aromatic heterocycles. The Morgan fingerprint density at radius 3 is 1.79 bits per heavy atom. The van der Waals surface area contributed by atoms with E-state index in [9.17, 15) is 70.6 Å². The van der Waals surface area contributed by atoms with Crippen molar-refractivity contribution >= 4 is 17.9 Å². The van der Waals surface area contributed by atoms with Crippen LogP contribution in [0.25, 0.3) is 0 Å². The molecule has 0 aromatic rings. The minimum absolute atomic E-state index is 0.00766. The molecule has 8 aliphatic rings. The molecule has 5 aliphatic carbocycles. The number of carbonyl (C=O) groups is 3. The van der Waals surface area contributed by atoms with Gasteiger partial charge in [0.2, 0.25) is 0 Å². The van der Waals surface area contributed by atoms with E-state index in [-0.39, 0.29) is 23.7 Å². The molecule has 7 fully saturated rings. The third-order valence-electron chi connectivity index (χ3n) is 21.6. The number of fused-ring (bicyclic) bond motifs is 7. The number of esters is 2.